The maximum absolute atomic E-state index is 13.4. The van der Waals surface area contributed by atoms with Crippen LogP contribution in [0.2, 0.25) is 0 Å². The van der Waals surface area contributed by atoms with Crippen LogP contribution in [0.1, 0.15) is 57.5 Å². The third-order valence-electron chi connectivity index (χ3n) is 16.0. The molecule has 12 atom stereocenters. The van der Waals surface area contributed by atoms with Crippen molar-refractivity contribution in [2.24, 2.45) is 0 Å². The summed E-state index contributed by atoms with van der Waals surface area (Å²) in [5, 5.41) is 102. The molecule has 0 bridgehead atoms. The van der Waals surface area contributed by atoms with Crippen LogP contribution < -0.4 is 61.5 Å². The minimum Gasteiger partial charge on any atom is -0.477 e. The Labute approximate surface area is 600 Å². The van der Waals surface area contributed by atoms with Crippen LogP contribution in [0.3, 0.4) is 0 Å². The Morgan fingerprint density at radius 2 is 0.828 bits per heavy atom. The van der Waals surface area contributed by atoms with E-state index in [1.165, 1.54) is 47.8 Å². The average molecular weight is 1430 g/mol. The summed E-state index contributed by atoms with van der Waals surface area (Å²) in [5.41, 5.74) is 5.67. The molecule has 0 saturated carbocycles. The minimum atomic E-state index is -2.59. The van der Waals surface area contributed by atoms with Crippen molar-refractivity contribution < 1.29 is 136 Å². The van der Waals surface area contributed by atoms with Crippen LogP contribution in [0.4, 0.5) is 8.78 Å². The fraction of sp³-hybridized carbons (Fsp3) is 0.441. The molecule has 0 radical (unpaired) electrons. The number of amides is 6. The van der Waals surface area contributed by atoms with Gasteiger partial charge in [-0.15, -0.1) is 0 Å². The number of benzene rings is 5. The van der Waals surface area contributed by atoms with Crippen molar-refractivity contribution in [3.63, 3.8) is 0 Å². The molecule has 2 aliphatic heterocycles. The van der Waals surface area contributed by atoms with Crippen molar-refractivity contribution in [2.45, 2.75) is 111 Å². The van der Waals surface area contributed by atoms with Crippen LogP contribution in [0.25, 0.3) is 22.3 Å². The maximum atomic E-state index is 13.4. The zero-order valence-electron chi connectivity index (χ0n) is 54.3. The van der Waals surface area contributed by atoms with E-state index in [9.17, 15) is 88.0 Å². The molecule has 2 fully saturated rings. The summed E-state index contributed by atoms with van der Waals surface area (Å²) in [4.78, 5) is 101. The summed E-state index contributed by atoms with van der Waals surface area (Å²) in [6.45, 7) is -4.21. The standard InChI is InChI=1S/C68H82F2N6O20S2.Na/c69-37-55(83)75-57-49(77)35-67(65(89)90,95-61(57)59(85)51(79)39-73-53(81)33-41-13-17-45(18-14-41)43-9-3-1-4-10-43)93-27-7-29-97-31-25-71-63(87)47-21-23-48(24-22-47)64(88)72-26-32-98-30-8-28-94-68(66(91)92)36-50(78)58(76-56(84)38-70)62(96-68)60(86)52(80)40-74-54(82)34-42-15-19-46(20-16-42)44-11-5-2-6-12-44;/h1-6,9-24,49-52,57-62,77-80,85-86H,7-8,25-40H2,(H,71,87)(H,72,88)(H,73,81)(H,74,82)(H,75,83)(H,76,84)(H,89,90)(H,91,92);/q;+1/t49-,50-,51+,52+,57+,58+,59?,60?,61+,62+,67+,68+;/m0./s1. The Hall–Kier alpha value is -6.98. The van der Waals surface area contributed by atoms with E-state index < -0.39 is 159 Å². The van der Waals surface area contributed by atoms with E-state index >= 15 is 0 Å². The number of aliphatic hydroxyl groups excluding tert-OH is 6. The van der Waals surface area contributed by atoms with Gasteiger partial charge in [-0.2, -0.15) is 23.5 Å². The van der Waals surface area contributed by atoms with Crippen molar-refractivity contribution >= 4 is 70.9 Å². The van der Waals surface area contributed by atoms with Gasteiger partial charge in [-0.1, -0.05) is 109 Å². The first-order chi connectivity index (χ1) is 47.0. The number of hydrogen-bond donors (Lipinski definition) is 14. The van der Waals surface area contributed by atoms with Gasteiger partial charge in [0.05, 0.1) is 62.6 Å². The number of aliphatic hydroxyl groups is 6. The Kier molecular flexibility index (Phi) is 33.1. The van der Waals surface area contributed by atoms with E-state index in [2.05, 4.69) is 31.9 Å². The van der Waals surface area contributed by atoms with Gasteiger partial charge < -0.3 is 91.7 Å². The number of hydrogen-bond acceptors (Lipinski definition) is 20. The number of carboxylic acids is 2. The summed E-state index contributed by atoms with van der Waals surface area (Å²) in [5.74, 6) is -11.3. The summed E-state index contributed by atoms with van der Waals surface area (Å²) >= 11 is 2.77. The first-order valence-corrected chi connectivity index (χ1v) is 33.9. The predicted octanol–water partition coefficient (Wildman–Crippen LogP) is -1.30. The van der Waals surface area contributed by atoms with Crippen LogP contribution in [0, 0.1) is 0 Å². The second-order valence-electron chi connectivity index (χ2n) is 23.2. The van der Waals surface area contributed by atoms with E-state index in [0.717, 1.165) is 22.3 Å². The number of carbonyl (C=O) groups is 8. The molecule has 14 N–H and O–H groups in total. The van der Waals surface area contributed by atoms with E-state index in [0.29, 0.717) is 34.1 Å². The van der Waals surface area contributed by atoms with Gasteiger partial charge in [-0.3, -0.25) is 28.8 Å². The normalized spacial score (nSPS) is 21.6. The van der Waals surface area contributed by atoms with Gasteiger partial charge >= 0.3 is 41.5 Å². The van der Waals surface area contributed by atoms with E-state index in [-0.39, 0.29) is 92.7 Å². The number of halogens is 2. The molecule has 2 saturated heterocycles. The monoisotopic (exact) mass is 1430 g/mol. The van der Waals surface area contributed by atoms with Crippen LogP contribution in [-0.4, -0.2) is 236 Å². The molecule has 0 aromatic heterocycles. The number of thioether (sulfide) groups is 2. The fourth-order valence-electron chi connectivity index (χ4n) is 10.8. The molecule has 6 amide bonds. The Morgan fingerprint density at radius 1 is 0.485 bits per heavy atom. The minimum absolute atomic E-state index is 0. The molecule has 5 aromatic rings. The Bertz CT molecular complexity index is 3200. The maximum Gasteiger partial charge on any atom is 1.00 e. The van der Waals surface area contributed by atoms with Crippen LogP contribution in [0.5, 0.6) is 0 Å². The second kappa shape index (κ2) is 40.5. The SMILES string of the molecule is O=C(Cc1ccc(-c2ccccc2)cc1)NC[C@@H](O)C(O)[C@@H]1O[C@@](OCCCSCCNC(=O)c2ccc(C(=O)NCCSCCCO[C@]3(C(=O)O)C[C@H](O)[C@@H](NC(=O)CF)[C@H](C(O)[C@H](O)CNC(=O)Cc4ccc(-c5ccccc5)cc4)O3)cc2)(C(=O)O)C[C@H](O)[C@H]1NC(=O)CF.[Na+]. The average Bonchev–Trinajstić information content (AvgIpc) is 0.778. The number of carboxylic acid groups (broad SMARTS) is 2. The van der Waals surface area contributed by atoms with Gasteiger partial charge in [0.2, 0.25) is 11.8 Å². The molecule has 7 rings (SSSR count). The van der Waals surface area contributed by atoms with Crippen molar-refractivity contribution in [3.8, 4) is 22.3 Å². The van der Waals surface area contributed by atoms with Gasteiger partial charge in [0.1, 0.15) is 24.4 Å². The van der Waals surface area contributed by atoms with Gasteiger partial charge in [0, 0.05) is 61.7 Å². The van der Waals surface area contributed by atoms with Crippen LogP contribution >= 0.6 is 23.5 Å². The molecular weight excluding hydrogens is 1350 g/mol. The molecule has 530 valence electrons. The predicted molar refractivity (Wildman–Crippen MR) is 356 cm³/mol. The molecule has 2 unspecified atom stereocenters. The number of aliphatic carboxylic acids is 2. The first kappa shape index (κ1) is 81.0. The van der Waals surface area contributed by atoms with Crippen LogP contribution in [0.15, 0.2) is 133 Å². The number of rotatable bonds is 38. The van der Waals surface area contributed by atoms with Crippen molar-refractivity contribution in [1.29, 1.82) is 0 Å². The van der Waals surface area contributed by atoms with Gasteiger partial charge in [0.25, 0.3) is 35.2 Å². The second-order valence-corrected chi connectivity index (χ2v) is 25.6. The van der Waals surface area contributed by atoms with Gasteiger partial charge in [-0.25, -0.2) is 18.4 Å². The van der Waals surface area contributed by atoms with E-state index in [4.69, 9.17) is 18.9 Å². The summed E-state index contributed by atoms with van der Waals surface area (Å²) in [6.07, 6.45) is -16.3. The van der Waals surface area contributed by atoms with E-state index in [1.807, 2.05) is 84.9 Å². The van der Waals surface area contributed by atoms with Crippen molar-refractivity contribution in [3.05, 3.63) is 156 Å². The quantitative estimate of drug-likeness (QED) is 0.0161. The van der Waals surface area contributed by atoms with Crippen molar-refractivity contribution in [1.82, 2.24) is 31.9 Å². The summed E-state index contributed by atoms with van der Waals surface area (Å²) in [6, 6.07) is 36.3. The zero-order chi connectivity index (χ0) is 70.8. The Balaban J connectivity index is 0.0000155. The van der Waals surface area contributed by atoms with Gasteiger partial charge in [-0.05, 0) is 82.0 Å². The van der Waals surface area contributed by atoms with Crippen molar-refractivity contribution in [2.75, 3.05) is 75.8 Å². The van der Waals surface area contributed by atoms with Gasteiger partial charge in [0.15, 0.2) is 13.3 Å². The summed E-state index contributed by atoms with van der Waals surface area (Å²) < 4.78 is 49.6. The number of alkyl halides is 2. The summed E-state index contributed by atoms with van der Waals surface area (Å²) in [7, 11) is 0. The zero-order valence-corrected chi connectivity index (χ0v) is 57.9. The smallest absolute Gasteiger partial charge is 0.477 e. The van der Waals surface area contributed by atoms with Crippen LogP contribution in [-0.2, 0) is 60.6 Å². The molecular formula is C68H82F2N6NaO20S2+. The molecule has 0 aliphatic carbocycles. The molecule has 2 heterocycles. The molecule has 99 heavy (non-hydrogen) atoms. The molecule has 26 nitrogen and oxygen atoms in total. The topological polar surface area (TPSA) is 407 Å². The Morgan fingerprint density at radius 3 is 1.16 bits per heavy atom. The molecule has 31 heteroatoms. The number of ether oxygens (including phenoxy) is 4. The number of nitrogens with one attached hydrogen (secondary N) is 6. The fourth-order valence-corrected chi connectivity index (χ4v) is 12.4. The molecule has 2 aliphatic rings. The first-order valence-electron chi connectivity index (χ1n) is 31.6. The molecule has 5 aromatic carbocycles. The van der Waals surface area contributed by atoms with E-state index in [1.54, 1.807) is 24.3 Å². The third kappa shape index (κ3) is 24.1. The largest absolute Gasteiger partial charge is 1.00 e. The third-order valence-corrected chi connectivity index (χ3v) is 18.2. The number of carbonyl (C=O) groups excluding carboxylic acids is 6. The molecule has 0 spiro atoms.